The summed E-state index contributed by atoms with van der Waals surface area (Å²) in [6, 6.07) is 13.6. The van der Waals surface area contributed by atoms with E-state index in [1.54, 1.807) is 13.1 Å². The van der Waals surface area contributed by atoms with E-state index in [0.717, 1.165) is 69.3 Å². The Morgan fingerprint density at radius 1 is 0.930 bits per heavy atom. The predicted octanol–water partition coefficient (Wildman–Crippen LogP) is 5.64. The lowest BCUT2D eigenvalue weighted by Crippen LogP contribution is -2.46. The number of benzene rings is 2. The highest BCUT2D eigenvalue weighted by molar-refractivity contribution is 6.03. The monoisotopic (exact) mass is 592 g/mol. The molecule has 2 aromatic heterocycles. The number of piperazine rings is 1. The fourth-order valence-corrected chi connectivity index (χ4v) is 5.89. The molecule has 4 aromatic rings. The molecule has 0 bridgehead atoms. The van der Waals surface area contributed by atoms with Crippen LogP contribution in [0.1, 0.15) is 18.1 Å². The second-order valence-corrected chi connectivity index (χ2v) is 11.0. The summed E-state index contributed by atoms with van der Waals surface area (Å²) in [5.41, 5.74) is 2.55. The number of hydrogen-bond donors (Lipinski definition) is 2. The van der Waals surface area contributed by atoms with Crippen molar-refractivity contribution in [3.63, 3.8) is 0 Å². The number of halogens is 3. The Hall–Kier alpha value is -4.09. The number of morpholine rings is 1. The molecular weight excluding hydrogens is 557 g/mol. The van der Waals surface area contributed by atoms with Gasteiger partial charge in [-0.3, -0.25) is 4.79 Å². The van der Waals surface area contributed by atoms with Crippen LogP contribution < -0.4 is 20.7 Å². The van der Waals surface area contributed by atoms with Gasteiger partial charge in [-0.2, -0.15) is 13.2 Å². The number of aryl methyl sites for hydroxylation is 1. The van der Waals surface area contributed by atoms with E-state index < -0.39 is 11.7 Å². The average Bonchev–Trinajstić information content (AvgIpc) is 3.02. The van der Waals surface area contributed by atoms with Gasteiger partial charge >= 0.3 is 6.18 Å². The summed E-state index contributed by atoms with van der Waals surface area (Å²) in [5, 5.41) is 4.36. The van der Waals surface area contributed by atoms with Gasteiger partial charge in [0, 0.05) is 67.8 Å². The molecule has 4 heterocycles. The van der Waals surface area contributed by atoms with Crippen LogP contribution in [0.3, 0.4) is 0 Å². The molecular formula is C32H35F3N6O2. The number of nitrogens with one attached hydrogen (secondary N) is 2. The highest BCUT2D eigenvalue weighted by Gasteiger charge is 2.31. The maximum Gasteiger partial charge on any atom is 0.416 e. The predicted molar refractivity (Wildman–Crippen MR) is 165 cm³/mol. The largest absolute Gasteiger partial charge is 0.416 e. The van der Waals surface area contributed by atoms with E-state index in [1.807, 2.05) is 30.3 Å². The lowest BCUT2D eigenvalue weighted by Gasteiger charge is -2.35. The zero-order valence-corrected chi connectivity index (χ0v) is 24.3. The van der Waals surface area contributed by atoms with Crippen molar-refractivity contribution in [1.29, 1.82) is 0 Å². The lowest BCUT2D eigenvalue weighted by atomic mass is 9.95. The number of aromatic amines is 1. The van der Waals surface area contributed by atoms with Crippen LogP contribution in [-0.2, 0) is 10.9 Å². The fourth-order valence-electron chi connectivity index (χ4n) is 5.89. The molecule has 2 fully saturated rings. The SMILES string of the molecule is CCN1CCN(c2cc3c(-c4ccc(C(F)(F)F)cc4C)c[nH]c(=O)c3c(Nc3ccc(N4CCOCC4)cc3)n2)CC1. The summed E-state index contributed by atoms with van der Waals surface area (Å²) >= 11 is 0. The minimum Gasteiger partial charge on any atom is -0.378 e. The van der Waals surface area contributed by atoms with Crippen molar-refractivity contribution < 1.29 is 17.9 Å². The van der Waals surface area contributed by atoms with Crippen molar-refractivity contribution in [3.05, 3.63) is 76.2 Å². The molecule has 0 atom stereocenters. The molecule has 226 valence electrons. The summed E-state index contributed by atoms with van der Waals surface area (Å²) in [6.45, 7) is 11.1. The van der Waals surface area contributed by atoms with Crippen LogP contribution in [0.25, 0.3) is 21.9 Å². The number of alkyl halides is 3. The summed E-state index contributed by atoms with van der Waals surface area (Å²) < 4.78 is 45.8. The van der Waals surface area contributed by atoms with E-state index in [4.69, 9.17) is 9.72 Å². The third-order valence-corrected chi connectivity index (χ3v) is 8.36. The number of ether oxygens (including phenoxy) is 1. The standard InChI is InChI=1S/C32H35F3N6O2/c1-3-39-10-12-41(13-11-39)28-19-26-27(25-9-4-22(18-21(25)2)32(33,34)35)20-36-31(42)29(26)30(38-28)37-23-5-7-24(8-6-23)40-14-16-43-17-15-40/h4-9,18-20H,3,10-17H2,1-2H3,(H,36,42)(H,37,38). The van der Waals surface area contributed by atoms with Crippen LogP contribution in [0.5, 0.6) is 0 Å². The number of hydrogen-bond acceptors (Lipinski definition) is 7. The van der Waals surface area contributed by atoms with Crippen LogP contribution >= 0.6 is 0 Å². The molecule has 0 aliphatic carbocycles. The van der Waals surface area contributed by atoms with Gasteiger partial charge in [-0.05, 0) is 67.1 Å². The minimum absolute atomic E-state index is 0.328. The summed E-state index contributed by atoms with van der Waals surface area (Å²) in [4.78, 5) is 27.9. The van der Waals surface area contributed by atoms with Gasteiger partial charge in [0.2, 0.25) is 0 Å². The molecule has 2 aliphatic rings. The van der Waals surface area contributed by atoms with Crippen LogP contribution in [-0.4, -0.2) is 73.9 Å². The molecule has 43 heavy (non-hydrogen) atoms. The number of anilines is 4. The van der Waals surface area contributed by atoms with Crippen LogP contribution in [0.15, 0.2) is 59.5 Å². The molecule has 0 radical (unpaired) electrons. The van der Waals surface area contributed by atoms with Gasteiger partial charge in [-0.1, -0.05) is 13.0 Å². The Labute approximate surface area is 248 Å². The number of aromatic nitrogens is 2. The molecule has 6 rings (SSSR count). The molecule has 0 saturated carbocycles. The second-order valence-electron chi connectivity index (χ2n) is 11.0. The molecule has 2 N–H and O–H groups in total. The molecule has 0 spiro atoms. The first-order valence-corrected chi connectivity index (χ1v) is 14.6. The zero-order chi connectivity index (χ0) is 30.1. The van der Waals surface area contributed by atoms with E-state index in [9.17, 15) is 18.0 Å². The molecule has 11 heteroatoms. The van der Waals surface area contributed by atoms with Gasteiger partial charge in [-0.15, -0.1) is 0 Å². The maximum absolute atomic E-state index is 13.4. The Kier molecular flexibility index (Phi) is 8.02. The molecule has 2 aliphatic heterocycles. The van der Waals surface area contributed by atoms with Crippen LogP contribution in [0.2, 0.25) is 0 Å². The maximum atomic E-state index is 13.4. The topological polar surface area (TPSA) is 76.7 Å². The van der Waals surface area contributed by atoms with Gasteiger partial charge < -0.3 is 29.7 Å². The van der Waals surface area contributed by atoms with E-state index in [-0.39, 0.29) is 5.56 Å². The summed E-state index contributed by atoms with van der Waals surface area (Å²) in [6.07, 6.45) is -2.86. The Morgan fingerprint density at radius 2 is 1.65 bits per heavy atom. The first kappa shape index (κ1) is 29.0. The van der Waals surface area contributed by atoms with E-state index in [2.05, 4.69) is 31.9 Å². The van der Waals surface area contributed by atoms with Gasteiger partial charge in [-0.25, -0.2) is 4.98 Å². The van der Waals surface area contributed by atoms with Gasteiger partial charge in [0.15, 0.2) is 0 Å². The number of H-pyrrole nitrogens is 1. The molecule has 2 saturated heterocycles. The van der Waals surface area contributed by atoms with E-state index in [0.29, 0.717) is 52.3 Å². The Balaban J connectivity index is 1.44. The second kappa shape index (κ2) is 11.9. The van der Waals surface area contributed by atoms with Gasteiger partial charge in [0.1, 0.15) is 11.6 Å². The summed E-state index contributed by atoms with van der Waals surface area (Å²) in [5.74, 6) is 1.12. The smallest absolute Gasteiger partial charge is 0.378 e. The normalized spacial score (nSPS) is 16.6. The van der Waals surface area contributed by atoms with Crippen molar-refractivity contribution in [2.45, 2.75) is 20.0 Å². The van der Waals surface area contributed by atoms with Crippen molar-refractivity contribution in [2.24, 2.45) is 0 Å². The number of likely N-dealkylation sites (N-methyl/N-ethyl adjacent to an activating group) is 1. The molecule has 0 amide bonds. The summed E-state index contributed by atoms with van der Waals surface area (Å²) in [7, 11) is 0. The molecule has 8 nitrogen and oxygen atoms in total. The van der Waals surface area contributed by atoms with Crippen molar-refractivity contribution in [1.82, 2.24) is 14.9 Å². The molecule has 2 aromatic carbocycles. The highest BCUT2D eigenvalue weighted by atomic mass is 19.4. The number of pyridine rings is 2. The number of fused-ring (bicyclic) bond motifs is 1. The van der Waals surface area contributed by atoms with Crippen molar-refractivity contribution >= 4 is 33.8 Å². The zero-order valence-electron chi connectivity index (χ0n) is 24.3. The third kappa shape index (κ3) is 6.05. The van der Waals surface area contributed by atoms with Crippen molar-refractivity contribution in [2.75, 3.05) is 74.1 Å². The first-order chi connectivity index (χ1) is 20.7. The highest BCUT2D eigenvalue weighted by Crippen LogP contribution is 2.37. The molecule has 0 unspecified atom stereocenters. The average molecular weight is 593 g/mol. The lowest BCUT2D eigenvalue weighted by molar-refractivity contribution is -0.137. The Morgan fingerprint density at radius 3 is 2.30 bits per heavy atom. The van der Waals surface area contributed by atoms with Gasteiger partial charge in [0.25, 0.3) is 5.56 Å². The van der Waals surface area contributed by atoms with Crippen LogP contribution in [0.4, 0.5) is 36.2 Å². The first-order valence-electron chi connectivity index (χ1n) is 14.6. The van der Waals surface area contributed by atoms with E-state index >= 15 is 0 Å². The Bertz CT molecular complexity index is 1660. The quantitative estimate of drug-likeness (QED) is 0.300. The fraction of sp³-hybridized carbons (Fsp3) is 0.375. The third-order valence-electron chi connectivity index (χ3n) is 8.36. The van der Waals surface area contributed by atoms with Crippen LogP contribution in [0, 0.1) is 6.92 Å². The number of rotatable bonds is 6. The van der Waals surface area contributed by atoms with Crippen molar-refractivity contribution in [3.8, 4) is 11.1 Å². The van der Waals surface area contributed by atoms with E-state index in [1.165, 1.54) is 6.07 Å². The minimum atomic E-state index is -4.44. The number of nitrogens with zero attached hydrogens (tertiary/aromatic N) is 4. The van der Waals surface area contributed by atoms with Gasteiger partial charge in [0.05, 0.1) is 24.2 Å².